The third kappa shape index (κ3) is 4.48. The summed E-state index contributed by atoms with van der Waals surface area (Å²) in [7, 11) is 4.73. The molecular formula is C25H26N2O4S. The van der Waals surface area contributed by atoms with E-state index in [-0.39, 0.29) is 5.91 Å². The Hall–Kier alpha value is -3.32. The lowest BCUT2D eigenvalue weighted by Gasteiger charge is -2.13. The predicted octanol–water partition coefficient (Wildman–Crippen LogP) is 5.66. The largest absolute Gasteiger partial charge is 0.493 e. The number of para-hydroxylation sites is 1. The maximum Gasteiger partial charge on any atom is 0.259 e. The third-order valence-electron chi connectivity index (χ3n) is 5.43. The zero-order valence-corrected chi connectivity index (χ0v) is 19.3. The van der Waals surface area contributed by atoms with Crippen LogP contribution < -0.4 is 19.5 Å². The van der Waals surface area contributed by atoms with E-state index in [2.05, 4.69) is 5.32 Å². The summed E-state index contributed by atoms with van der Waals surface area (Å²) in [6.07, 6.45) is 5.87. The molecule has 3 aromatic rings. The Morgan fingerprint density at radius 3 is 2.34 bits per heavy atom. The molecule has 0 spiro atoms. The first-order chi connectivity index (χ1) is 15.6. The molecule has 4 rings (SSSR count). The molecule has 7 heteroatoms. The van der Waals surface area contributed by atoms with Gasteiger partial charge in [-0.15, -0.1) is 11.3 Å². The van der Waals surface area contributed by atoms with Gasteiger partial charge in [0.05, 0.1) is 26.9 Å². The Bertz CT molecular complexity index is 1110. The van der Waals surface area contributed by atoms with Crippen LogP contribution in [-0.4, -0.2) is 33.5 Å². The number of ether oxygens (including phenoxy) is 3. The molecule has 1 amide bonds. The van der Waals surface area contributed by atoms with Gasteiger partial charge in [0.2, 0.25) is 5.75 Å². The molecular weight excluding hydrogens is 424 g/mol. The van der Waals surface area contributed by atoms with E-state index in [1.807, 2.05) is 42.5 Å². The van der Waals surface area contributed by atoms with Crippen molar-refractivity contribution in [3.05, 3.63) is 64.0 Å². The van der Waals surface area contributed by atoms with Gasteiger partial charge in [0.25, 0.3) is 5.91 Å². The summed E-state index contributed by atoms with van der Waals surface area (Å²) in [4.78, 5) is 19.2. The van der Waals surface area contributed by atoms with E-state index in [0.717, 1.165) is 47.5 Å². The molecule has 0 atom stereocenters. The molecule has 32 heavy (non-hydrogen) atoms. The molecule has 1 heterocycles. The first-order valence-corrected chi connectivity index (χ1v) is 11.3. The minimum atomic E-state index is -0.118. The number of hydrogen-bond donors (Lipinski definition) is 1. The summed E-state index contributed by atoms with van der Waals surface area (Å²) in [5.41, 5.74) is 3.37. The van der Waals surface area contributed by atoms with Crippen LogP contribution in [0, 0.1) is 0 Å². The summed E-state index contributed by atoms with van der Waals surface area (Å²) < 4.78 is 16.3. The number of amides is 1. The number of rotatable bonds is 7. The Balaban J connectivity index is 1.70. The van der Waals surface area contributed by atoms with Crippen LogP contribution in [-0.2, 0) is 12.8 Å². The number of carbonyl (C=O) groups excluding carboxylic acids is 1. The minimum absolute atomic E-state index is 0.118. The fourth-order valence-corrected chi connectivity index (χ4v) is 5.13. The molecule has 166 valence electrons. The van der Waals surface area contributed by atoms with E-state index in [4.69, 9.17) is 19.2 Å². The predicted molar refractivity (Wildman–Crippen MR) is 129 cm³/mol. The molecule has 1 aliphatic rings. The van der Waals surface area contributed by atoms with Crippen molar-refractivity contribution in [1.29, 1.82) is 0 Å². The molecule has 2 aromatic carbocycles. The lowest BCUT2D eigenvalue weighted by molar-refractivity contribution is 0.102. The van der Waals surface area contributed by atoms with Gasteiger partial charge in [0.1, 0.15) is 5.00 Å². The first kappa shape index (κ1) is 21.9. The summed E-state index contributed by atoms with van der Waals surface area (Å²) >= 11 is 1.60. The number of aryl methyl sites for hydroxylation is 1. The third-order valence-corrected chi connectivity index (χ3v) is 6.63. The van der Waals surface area contributed by atoms with Crippen LogP contribution in [0.2, 0.25) is 0 Å². The first-order valence-electron chi connectivity index (χ1n) is 10.5. The second kappa shape index (κ2) is 9.87. The van der Waals surface area contributed by atoms with Crippen molar-refractivity contribution in [3.63, 3.8) is 0 Å². The highest BCUT2D eigenvalue weighted by atomic mass is 32.1. The lowest BCUT2D eigenvalue weighted by Crippen LogP contribution is -2.14. The van der Waals surface area contributed by atoms with Crippen molar-refractivity contribution in [1.82, 2.24) is 0 Å². The number of thiophene rings is 1. The van der Waals surface area contributed by atoms with Crippen molar-refractivity contribution in [2.45, 2.75) is 25.7 Å². The van der Waals surface area contributed by atoms with Gasteiger partial charge in [0.15, 0.2) is 11.5 Å². The van der Waals surface area contributed by atoms with Crippen LogP contribution >= 0.6 is 11.3 Å². The molecule has 1 aliphatic carbocycles. The Labute approximate surface area is 191 Å². The Morgan fingerprint density at radius 1 is 1.00 bits per heavy atom. The van der Waals surface area contributed by atoms with Crippen LogP contribution in [0.5, 0.6) is 17.2 Å². The van der Waals surface area contributed by atoms with Crippen molar-refractivity contribution >= 4 is 34.1 Å². The van der Waals surface area contributed by atoms with E-state index in [1.54, 1.807) is 38.9 Å². The molecule has 0 saturated heterocycles. The average molecular weight is 451 g/mol. The summed E-state index contributed by atoms with van der Waals surface area (Å²) in [5.74, 6) is 1.52. The van der Waals surface area contributed by atoms with E-state index in [9.17, 15) is 4.79 Å². The van der Waals surface area contributed by atoms with Gasteiger partial charge in [-0.1, -0.05) is 18.2 Å². The van der Waals surface area contributed by atoms with Crippen molar-refractivity contribution in [3.8, 4) is 17.2 Å². The van der Waals surface area contributed by atoms with Crippen molar-refractivity contribution in [2.24, 2.45) is 4.99 Å². The molecule has 1 aromatic heterocycles. The Morgan fingerprint density at radius 2 is 1.69 bits per heavy atom. The molecule has 0 aliphatic heterocycles. The highest BCUT2D eigenvalue weighted by molar-refractivity contribution is 7.16. The lowest BCUT2D eigenvalue weighted by atomic mass is 9.95. The number of fused-ring (bicyclic) bond motifs is 1. The SMILES string of the molecule is COc1cc(/C=N\c2sc3c(c2C(=O)Nc2ccccc2)CCCC3)cc(OC)c1OC. The van der Waals surface area contributed by atoms with Gasteiger partial charge in [-0.3, -0.25) is 4.79 Å². The van der Waals surface area contributed by atoms with Gasteiger partial charge in [-0.05, 0) is 55.5 Å². The topological polar surface area (TPSA) is 69.2 Å². The molecule has 0 saturated carbocycles. The fraction of sp³-hybridized carbons (Fsp3) is 0.280. The number of benzene rings is 2. The van der Waals surface area contributed by atoms with Crippen molar-refractivity contribution < 1.29 is 19.0 Å². The second-order valence-corrected chi connectivity index (χ2v) is 8.51. The zero-order chi connectivity index (χ0) is 22.5. The maximum absolute atomic E-state index is 13.2. The van der Waals surface area contributed by atoms with E-state index < -0.39 is 0 Å². The average Bonchev–Trinajstić information content (AvgIpc) is 3.21. The van der Waals surface area contributed by atoms with E-state index >= 15 is 0 Å². The monoisotopic (exact) mass is 450 g/mol. The number of nitrogens with zero attached hydrogens (tertiary/aromatic N) is 1. The highest BCUT2D eigenvalue weighted by Crippen LogP contribution is 2.41. The van der Waals surface area contributed by atoms with Gasteiger partial charge < -0.3 is 19.5 Å². The number of anilines is 1. The van der Waals surface area contributed by atoms with Gasteiger partial charge >= 0.3 is 0 Å². The summed E-state index contributed by atoms with van der Waals surface area (Å²) in [6, 6.07) is 13.2. The smallest absolute Gasteiger partial charge is 0.259 e. The number of nitrogens with one attached hydrogen (secondary N) is 1. The number of aliphatic imine (C=N–C) groups is 1. The van der Waals surface area contributed by atoms with Crippen LogP contribution in [0.25, 0.3) is 0 Å². The minimum Gasteiger partial charge on any atom is -0.493 e. The van der Waals surface area contributed by atoms with Crippen molar-refractivity contribution in [2.75, 3.05) is 26.6 Å². The van der Waals surface area contributed by atoms with Gasteiger partial charge in [0, 0.05) is 22.3 Å². The van der Waals surface area contributed by atoms with Gasteiger partial charge in [-0.2, -0.15) is 0 Å². The zero-order valence-electron chi connectivity index (χ0n) is 18.4. The van der Waals surface area contributed by atoms with Crippen LogP contribution in [0.3, 0.4) is 0 Å². The highest BCUT2D eigenvalue weighted by Gasteiger charge is 2.25. The number of carbonyl (C=O) groups is 1. The molecule has 6 nitrogen and oxygen atoms in total. The standard InChI is InChI=1S/C25H26N2O4S/c1-29-19-13-16(14-20(30-2)23(19)31-3)15-26-25-22(18-11-7-8-12-21(18)32-25)24(28)27-17-9-5-4-6-10-17/h4-6,9-10,13-15H,7-8,11-12H2,1-3H3,(H,27,28)/b26-15-. The van der Waals surface area contributed by atoms with Gasteiger partial charge in [-0.25, -0.2) is 4.99 Å². The molecule has 1 N–H and O–H groups in total. The maximum atomic E-state index is 13.2. The summed E-state index contributed by atoms with van der Waals surface area (Å²) in [6.45, 7) is 0. The fourth-order valence-electron chi connectivity index (χ4n) is 3.90. The molecule has 0 bridgehead atoms. The molecule has 0 fully saturated rings. The quantitative estimate of drug-likeness (QED) is 0.472. The number of methoxy groups -OCH3 is 3. The molecule has 0 unspecified atom stereocenters. The van der Waals surface area contributed by atoms with Crippen LogP contribution in [0.15, 0.2) is 47.5 Å². The normalized spacial score (nSPS) is 13.0. The van der Waals surface area contributed by atoms with Crippen LogP contribution in [0.4, 0.5) is 10.7 Å². The molecule has 0 radical (unpaired) electrons. The number of hydrogen-bond acceptors (Lipinski definition) is 6. The summed E-state index contributed by atoms with van der Waals surface area (Å²) in [5, 5.41) is 3.74. The Kier molecular flexibility index (Phi) is 6.75. The van der Waals surface area contributed by atoms with Crippen LogP contribution in [0.1, 0.15) is 39.2 Å². The van der Waals surface area contributed by atoms with E-state index in [0.29, 0.717) is 22.8 Å². The van der Waals surface area contributed by atoms with E-state index in [1.165, 1.54) is 4.88 Å². The second-order valence-electron chi connectivity index (χ2n) is 7.43.